The lowest BCUT2D eigenvalue weighted by atomic mass is 9.90. The van der Waals surface area contributed by atoms with E-state index in [2.05, 4.69) is 49.6 Å². The van der Waals surface area contributed by atoms with E-state index in [4.69, 9.17) is 4.74 Å². The minimum atomic E-state index is 0.119. The number of pyridine rings is 1. The number of piperidine rings is 1. The number of likely N-dealkylation sites (N-methyl/N-ethyl adjacent to an activating group) is 1. The van der Waals surface area contributed by atoms with Gasteiger partial charge in [0.05, 0.1) is 0 Å². The zero-order valence-electron chi connectivity index (χ0n) is 24.4. The highest BCUT2D eigenvalue weighted by Gasteiger charge is 2.26. The summed E-state index contributed by atoms with van der Waals surface area (Å²) in [6.07, 6.45) is 14.9. The van der Waals surface area contributed by atoms with Crippen LogP contribution in [-0.2, 0) is 4.79 Å². The van der Waals surface area contributed by atoms with Gasteiger partial charge in [0.25, 0.3) is 0 Å². The van der Waals surface area contributed by atoms with Gasteiger partial charge in [0.1, 0.15) is 29.7 Å². The van der Waals surface area contributed by atoms with E-state index in [0.29, 0.717) is 17.7 Å². The summed E-state index contributed by atoms with van der Waals surface area (Å²) in [5.74, 6) is 2.66. The number of aromatic nitrogens is 6. The third-order valence-corrected chi connectivity index (χ3v) is 8.69. The van der Waals surface area contributed by atoms with Crippen LogP contribution in [0.2, 0.25) is 0 Å². The fourth-order valence-corrected chi connectivity index (χ4v) is 6.25. The van der Waals surface area contributed by atoms with Crippen molar-refractivity contribution in [2.24, 2.45) is 0 Å². The zero-order chi connectivity index (χ0) is 29.3. The third-order valence-electron chi connectivity index (χ3n) is 8.69. The molecule has 0 aliphatic carbocycles. The van der Waals surface area contributed by atoms with Crippen molar-refractivity contribution in [3.05, 3.63) is 84.7 Å². The lowest BCUT2D eigenvalue weighted by Crippen LogP contribution is -2.37. The number of benzene rings is 1. The van der Waals surface area contributed by atoms with E-state index in [1.807, 2.05) is 59.1 Å². The number of likely N-dealkylation sites (tertiary alicyclic amines) is 2. The Morgan fingerprint density at radius 1 is 0.977 bits per heavy atom. The average Bonchev–Trinajstić information content (AvgIpc) is 3.77. The molecule has 2 fully saturated rings. The standard InChI is InChI=1S/C32H35N9O2/c1-22-18-24(5-7-28(22)43-26-11-16-40-29(19-26)33-20-35-40)37-32-31-27(12-17-41(31)36-21-34-32)23-9-14-39(15-10-23)30(42)8-6-25-4-3-13-38(25)2/h5-8,11-12,16-21,23,25H,3-4,9-10,13-15H2,1-2H3,(H,34,36,37)/b8-6+. The van der Waals surface area contributed by atoms with Gasteiger partial charge in [0.2, 0.25) is 5.91 Å². The molecular weight excluding hydrogens is 542 g/mol. The van der Waals surface area contributed by atoms with Gasteiger partial charge in [0, 0.05) is 49.4 Å². The van der Waals surface area contributed by atoms with Crippen molar-refractivity contribution >= 4 is 28.6 Å². The fourth-order valence-electron chi connectivity index (χ4n) is 6.25. The van der Waals surface area contributed by atoms with Crippen LogP contribution in [0.1, 0.15) is 42.7 Å². The number of carbonyl (C=O) groups excluding carboxylic acids is 1. The number of nitrogens with zero attached hydrogens (tertiary/aromatic N) is 8. The Kier molecular flexibility index (Phi) is 7.23. The molecular formula is C32H35N9O2. The SMILES string of the molecule is Cc1cc(Nc2ncnn3ccc(C4CCN(C(=O)/C=C/C5CCCN5C)CC4)c23)ccc1Oc1ccn2ncnc2c1. The molecule has 6 heterocycles. The molecule has 11 nitrogen and oxygen atoms in total. The van der Waals surface area contributed by atoms with Crippen molar-refractivity contribution in [3.8, 4) is 11.5 Å². The Hall–Kier alpha value is -4.77. The highest BCUT2D eigenvalue weighted by atomic mass is 16.5. The van der Waals surface area contributed by atoms with Crippen LogP contribution in [0.5, 0.6) is 11.5 Å². The molecule has 0 spiro atoms. The van der Waals surface area contributed by atoms with Crippen LogP contribution < -0.4 is 10.1 Å². The lowest BCUT2D eigenvalue weighted by Gasteiger charge is -2.31. The Morgan fingerprint density at radius 3 is 2.60 bits per heavy atom. The molecule has 1 unspecified atom stereocenters. The second-order valence-corrected chi connectivity index (χ2v) is 11.5. The first-order chi connectivity index (χ1) is 21.0. The maximum absolute atomic E-state index is 12.9. The highest BCUT2D eigenvalue weighted by molar-refractivity contribution is 5.87. The molecule has 2 aliphatic rings. The summed E-state index contributed by atoms with van der Waals surface area (Å²) >= 11 is 0. The first-order valence-corrected chi connectivity index (χ1v) is 14.9. The number of rotatable bonds is 7. The normalized spacial score (nSPS) is 18.3. The molecule has 43 heavy (non-hydrogen) atoms. The third kappa shape index (κ3) is 5.55. The van der Waals surface area contributed by atoms with Crippen molar-refractivity contribution in [3.63, 3.8) is 0 Å². The minimum absolute atomic E-state index is 0.119. The molecule has 1 aromatic carbocycles. The molecule has 1 atom stereocenters. The van der Waals surface area contributed by atoms with Crippen LogP contribution in [-0.4, -0.2) is 77.6 Å². The summed E-state index contributed by atoms with van der Waals surface area (Å²) in [6.45, 7) is 4.60. The maximum Gasteiger partial charge on any atom is 0.246 e. The molecule has 11 heteroatoms. The first kappa shape index (κ1) is 27.1. The molecule has 0 radical (unpaired) electrons. The van der Waals surface area contributed by atoms with E-state index in [1.165, 1.54) is 18.3 Å². The summed E-state index contributed by atoms with van der Waals surface area (Å²) in [5.41, 5.74) is 4.80. The zero-order valence-corrected chi connectivity index (χ0v) is 24.4. The van der Waals surface area contributed by atoms with Gasteiger partial charge in [-0.1, -0.05) is 6.08 Å². The molecule has 0 bridgehead atoms. The van der Waals surface area contributed by atoms with Crippen LogP contribution in [0.3, 0.4) is 0 Å². The quantitative estimate of drug-likeness (QED) is 0.270. The van der Waals surface area contributed by atoms with Gasteiger partial charge < -0.3 is 15.0 Å². The number of aryl methyl sites for hydroxylation is 1. The molecule has 220 valence electrons. The van der Waals surface area contributed by atoms with Gasteiger partial charge in [-0.25, -0.2) is 19.0 Å². The van der Waals surface area contributed by atoms with Gasteiger partial charge in [-0.05, 0) is 93.6 Å². The summed E-state index contributed by atoms with van der Waals surface area (Å²) in [6, 6.07) is 12.2. The predicted octanol–water partition coefficient (Wildman–Crippen LogP) is 4.97. The molecule has 4 aromatic heterocycles. The predicted molar refractivity (Wildman–Crippen MR) is 164 cm³/mol. The number of hydrogen-bond donors (Lipinski definition) is 1. The van der Waals surface area contributed by atoms with Gasteiger partial charge in [0.15, 0.2) is 11.5 Å². The number of anilines is 2. The smallest absolute Gasteiger partial charge is 0.246 e. The first-order valence-electron chi connectivity index (χ1n) is 14.9. The second kappa shape index (κ2) is 11.5. The second-order valence-electron chi connectivity index (χ2n) is 11.5. The highest BCUT2D eigenvalue weighted by Crippen LogP contribution is 2.35. The van der Waals surface area contributed by atoms with Gasteiger partial charge in [-0.3, -0.25) is 9.69 Å². The van der Waals surface area contributed by atoms with Crippen LogP contribution >= 0.6 is 0 Å². The van der Waals surface area contributed by atoms with Crippen molar-refractivity contribution in [2.75, 3.05) is 32.0 Å². The molecule has 2 saturated heterocycles. The number of amides is 1. The lowest BCUT2D eigenvalue weighted by molar-refractivity contribution is -0.127. The molecule has 5 aromatic rings. The van der Waals surface area contributed by atoms with Crippen LogP contribution in [0.15, 0.2) is 73.6 Å². The molecule has 2 aliphatic heterocycles. The monoisotopic (exact) mass is 577 g/mol. The summed E-state index contributed by atoms with van der Waals surface area (Å²) in [5, 5.41) is 12.1. The van der Waals surface area contributed by atoms with Crippen molar-refractivity contribution in [2.45, 2.75) is 44.6 Å². The number of ether oxygens (including phenoxy) is 1. The van der Waals surface area contributed by atoms with E-state index in [0.717, 1.165) is 72.9 Å². The number of nitrogens with one attached hydrogen (secondary N) is 1. The maximum atomic E-state index is 12.9. The Labute approximate surface area is 249 Å². The number of hydrogen-bond acceptors (Lipinski definition) is 8. The summed E-state index contributed by atoms with van der Waals surface area (Å²) in [4.78, 5) is 26.0. The topological polar surface area (TPSA) is 105 Å². The average molecular weight is 578 g/mol. The van der Waals surface area contributed by atoms with Crippen LogP contribution in [0, 0.1) is 6.92 Å². The molecule has 0 saturated carbocycles. The summed E-state index contributed by atoms with van der Waals surface area (Å²) in [7, 11) is 2.13. The number of carbonyl (C=O) groups is 1. The number of fused-ring (bicyclic) bond motifs is 2. The van der Waals surface area contributed by atoms with Crippen LogP contribution in [0.25, 0.3) is 11.2 Å². The largest absolute Gasteiger partial charge is 0.457 e. The van der Waals surface area contributed by atoms with E-state index >= 15 is 0 Å². The van der Waals surface area contributed by atoms with Crippen molar-refractivity contribution < 1.29 is 9.53 Å². The van der Waals surface area contributed by atoms with E-state index in [-0.39, 0.29) is 5.91 Å². The van der Waals surface area contributed by atoms with E-state index in [9.17, 15) is 4.79 Å². The Morgan fingerprint density at radius 2 is 1.79 bits per heavy atom. The van der Waals surface area contributed by atoms with E-state index < -0.39 is 0 Å². The Balaban J connectivity index is 1.04. The van der Waals surface area contributed by atoms with Gasteiger partial charge >= 0.3 is 0 Å². The molecule has 1 N–H and O–H groups in total. The molecule has 7 rings (SSSR count). The van der Waals surface area contributed by atoms with Gasteiger partial charge in [-0.2, -0.15) is 10.2 Å². The van der Waals surface area contributed by atoms with Crippen molar-refractivity contribution in [1.29, 1.82) is 0 Å². The van der Waals surface area contributed by atoms with Crippen LogP contribution in [0.4, 0.5) is 11.5 Å². The minimum Gasteiger partial charge on any atom is -0.457 e. The summed E-state index contributed by atoms with van der Waals surface area (Å²) < 4.78 is 9.73. The van der Waals surface area contributed by atoms with E-state index in [1.54, 1.807) is 16.9 Å². The fraction of sp³-hybridized carbons (Fsp3) is 0.344. The van der Waals surface area contributed by atoms with Gasteiger partial charge in [-0.15, -0.1) is 0 Å². The van der Waals surface area contributed by atoms with Crippen molar-refractivity contribution in [1.82, 2.24) is 39.0 Å². The Bertz CT molecular complexity index is 1800. The molecule has 1 amide bonds.